The van der Waals surface area contributed by atoms with Crippen LogP contribution in [-0.4, -0.2) is 29.7 Å². The summed E-state index contributed by atoms with van der Waals surface area (Å²) in [5.41, 5.74) is 0.372. The summed E-state index contributed by atoms with van der Waals surface area (Å²) in [5, 5.41) is 5.14. The summed E-state index contributed by atoms with van der Waals surface area (Å²) < 4.78 is 46.1. The van der Waals surface area contributed by atoms with Gasteiger partial charge in [-0.25, -0.2) is 14.6 Å². The average molecular weight is 458 g/mol. The largest absolute Gasteiger partial charge is 0.446 e. The molecule has 8 nitrogen and oxygen atoms in total. The standard InChI is InChI=1S/C22H21F3N6O2/c1-3-16(15-7-6-13(9-27-15)22(23,24)25)31-20-18(19(30-31)12-4-5-12)21(32)29-17(28-20)8-14-10-26-11(2)33-14/h6-7,9-10,12,16H,3-5,8H2,1-2H3,(H,28,29,32). The number of aromatic amines is 1. The number of aryl methyl sites for hydroxylation is 1. The lowest BCUT2D eigenvalue weighted by atomic mass is 10.1. The smallest absolute Gasteiger partial charge is 0.417 e. The zero-order valence-electron chi connectivity index (χ0n) is 18.0. The topological polar surface area (TPSA) is 102 Å². The first-order valence-electron chi connectivity index (χ1n) is 10.7. The van der Waals surface area contributed by atoms with E-state index >= 15 is 0 Å². The monoisotopic (exact) mass is 458 g/mol. The Kier molecular flexibility index (Phi) is 5.06. The first kappa shape index (κ1) is 21.4. The quantitative estimate of drug-likeness (QED) is 0.462. The molecule has 0 amide bonds. The van der Waals surface area contributed by atoms with Crippen LogP contribution in [0.5, 0.6) is 0 Å². The van der Waals surface area contributed by atoms with Crippen LogP contribution in [0, 0.1) is 6.92 Å². The molecule has 1 fully saturated rings. The van der Waals surface area contributed by atoms with Gasteiger partial charge in [-0.05, 0) is 31.4 Å². The zero-order valence-corrected chi connectivity index (χ0v) is 18.0. The van der Waals surface area contributed by atoms with Crippen LogP contribution in [0.1, 0.15) is 72.6 Å². The van der Waals surface area contributed by atoms with E-state index in [0.717, 1.165) is 25.1 Å². The van der Waals surface area contributed by atoms with Crippen LogP contribution in [-0.2, 0) is 12.6 Å². The maximum absolute atomic E-state index is 13.0. The highest BCUT2D eigenvalue weighted by atomic mass is 19.4. The fraction of sp³-hybridized carbons (Fsp3) is 0.409. The maximum Gasteiger partial charge on any atom is 0.417 e. The molecule has 1 saturated carbocycles. The second-order valence-electron chi connectivity index (χ2n) is 8.23. The van der Waals surface area contributed by atoms with E-state index in [9.17, 15) is 18.0 Å². The number of nitrogens with one attached hydrogen (secondary N) is 1. The minimum absolute atomic E-state index is 0.178. The number of fused-ring (bicyclic) bond motifs is 1. The maximum atomic E-state index is 13.0. The van der Waals surface area contributed by atoms with Gasteiger partial charge in [0.25, 0.3) is 5.56 Å². The third kappa shape index (κ3) is 4.03. The Morgan fingerprint density at radius 2 is 2.03 bits per heavy atom. The molecule has 0 radical (unpaired) electrons. The second kappa shape index (κ2) is 7.82. The SMILES string of the molecule is CCC(c1ccc(C(F)(F)F)cn1)n1nc(C2CC2)c2c(=O)[nH]c(Cc3cnc(C)o3)nc21. The van der Waals surface area contributed by atoms with Crippen molar-refractivity contribution in [3.8, 4) is 0 Å². The molecule has 4 heterocycles. The molecular formula is C22H21F3N6O2. The molecule has 0 saturated heterocycles. The molecule has 172 valence electrons. The summed E-state index contributed by atoms with van der Waals surface area (Å²) in [6, 6.07) is 1.89. The number of pyridine rings is 1. The fourth-order valence-electron chi connectivity index (χ4n) is 3.99. The van der Waals surface area contributed by atoms with Crippen molar-refractivity contribution in [2.45, 2.75) is 57.7 Å². The van der Waals surface area contributed by atoms with Crippen LogP contribution in [0.3, 0.4) is 0 Å². The molecule has 0 spiro atoms. The van der Waals surface area contributed by atoms with Crippen LogP contribution in [0.25, 0.3) is 11.0 Å². The van der Waals surface area contributed by atoms with Crippen LogP contribution in [0.15, 0.2) is 33.7 Å². The lowest BCUT2D eigenvalue weighted by Crippen LogP contribution is -2.17. The van der Waals surface area contributed by atoms with Crippen LogP contribution >= 0.6 is 0 Å². The Morgan fingerprint density at radius 3 is 2.61 bits per heavy atom. The number of nitrogens with zero attached hydrogens (tertiary/aromatic N) is 5. The number of halogens is 3. The summed E-state index contributed by atoms with van der Waals surface area (Å²) in [4.78, 5) is 28.6. The van der Waals surface area contributed by atoms with Gasteiger partial charge in [-0.3, -0.25) is 9.78 Å². The average Bonchev–Trinajstić information content (AvgIpc) is 3.43. The minimum Gasteiger partial charge on any atom is -0.446 e. The highest BCUT2D eigenvalue weighted by Crippen LogP contribution is 2.42. The van der Waals surface area contributed by atoms with E-state index in [1.165, 1.54) is 6.07 Å². The summed E-state index contributed by atoms with van der Waals surface area (Å²) in [5.74, 6) is 1.63. The summed E-state index contributed by atoms with van der Waals surface area (Å²) in [6.07, 6.45) is 0.542. The molecule has 1 N–H and O–H groups in total. The van der Waals surface area contributed by atoms with Crippen LogP contribution < -0.4 is 5.56 Å². The third-order valence-corrected chi connectivity index (χ3v) is 5.75. The molecule has 1 atom stereocenters. The summed E-state index contributed by atoms with van der Waals surface area (Å²) >= 11 is 0. The highest BCUT2D eigenvalue weighted by Gasteiger charge is 2.34. The zero-order chi connectivity index (χ0) is 23.3. The van der Waals surface area contributed by atoms with Crippen molar-refractivity contribution in [1.82, 2.24) is 29.7 Å². The van der Waals surface area contributed by atoms with Crippen molar-refractivity contribution in [3.63, 3.8) is 0 Å². The van der Waals surface area contributed by atoms with Crippen LogP contribution in [0.2, 0.25) is 0 Å². The Labute approximate surface area is 185 Å². The number of hydrogen-bond donors (Lipinski definition) is 1. The molecular weight excluding hydrogens is 437 g/mol. The van der Waals surface area contributed by atoms with Gasteiger partial charge in [0.2, 0.25) is 0 Å². The Bertz CT molecular complexity index is 1370. The molecule has 33 heavy (non-hydrogen) atoms. The molecule has 0 aliphatic heterocycles. The van der Waals surface area contributed by atoms with Crippen molar-refractivity contribution in [1.29, 1.82) is 0 Å². The molecule has 11 heteroatoms. The van der Waals surface area contributed by atoms with E-state index in [4.69, 9.17) is 9.52 Å². The lowest BCUT2D eigenvalue weighted by Gasteiger charge is -2.17. The van der Waals surface area contributed by atoms with Crippen molar-refractivity contribution in [2.75, 3.05) is 0 Å². The van der Waals surface area contributed by atoms with Gasteiger partial charge in [-0.1, -0.05) is 6.92 Å². The van der Waals surface area contributed by atoms with Gasteiger partial charge in [-0.2, -0.15) is 18.3 Å². The number of rotatable bonds is 6. The van der Waals surface area contributed by atoms with Gasteiger partial charge >= 0.3 is 6.18 Å². The summed E-state index contributed by atoms with van der Waals surface area (Å²) in [7, 11) is 0. The predicted octanol–water partition coefficient (Wildman–Crippen LogP) is 4.30. The van der Waals surface area contributed by atoms with E-state index in [2.05, 4.69) is 19.9 Å². The van der Waals surface area contributed by atoms with Crippen molar-refractivity contribution >= 4 is 11.0 Å². The number of hydrogen-bond acceptors (Lipinski definition) is 6. The predicted molar refractivity (Wildman–Crippen MR) is 112 cm³/mol. The molecule has 0 aromatic carbocycles. The first-order valence-corrected chi connectivity index (χ1v) is 10.7. The molecule has 1 aliphatic rings. The number of aromatic nitrogens is 6. The van der Waals surface area contributed by atoms with E-state index in [0.29, 0.717) is 46.3 Å². The molecule has 4 aromatic rings. The molecule has 4 aromatic heterocycles. The number of alkyl halides is 3. The van der Waals surface area contributed by atoms with E-state index < -0.39 is 17.8 Å². The lowest BCUT2D eigenvalue weighted by molar-refractivity contribution is -0.137. The Hall–Kier alpha value is -3.50. The van der Waals surface area contributed by atoms with Crippen LogP contribution in [0.4, 0.5) is 13.2 Å². The van der Waals surface area contributed by atoms with E-state index in [-0.39, 0.29) is 17.9 Å². The molecule has 1 unspecified atom stereocenters. The molecule has 1 aliphatic carbocycles. The van der Waals surface area contributed by atoms with E-state index in [1.54, 1.807) is 17.8 Å². The Balaban J connectivity index is 1.61. The van der Waals surface area contributed by atoms with Gasteiger partial charge in [0, 0.05) is 19.0 Å². The first-order chi connectivity index (χ1) is 15.7. The molecule has 0 bridgehead atoms. The van der Waals surface area contributed by atoms with Crippen molar-refractivity contribution in [2.24, 2.45) is 0 Å². The number of H-pyrrole nitrogens is 1. The number of oxazole rings is 1. The summed E-state index contributed by atoms with van der Waals surface area (Å²) in [6.45, 7) is 3.61. The van der Waals surface area contributed by atoms with Gasteiger partial charge in [0.1, 0.15) is 17.0 Å². The Morgan fingerprint density at radius 1 is 1.24 bits per heavy atom. The van der Waals surface area contributed by atoms with Gasteiger partial charge < -0.3 is 9.40 Å². The normalized spacial score (nSPS) is 15.3. The van der Waals surface area contributed by atoms with Gasteiger partial charge in [0.15, 0.2) is 11.5 Å². The van der Waals surface area contributed by atoms with E-state index in [1.807, 2.05) is 6.92 Å². The molecule has 5 rings (SSSR count). The highest BCUT2D eigenvalue weighted by molar-refractivity contribution is 5.78. The second-order valence-corrected chi connectivity index (χ2v) is 8.23. The third-order valence-electron chi connectivity index (χ3n) is 5.75. The van der Waals surface area contributed by atoms with Crippen molar-refractivity contribution < 1.29 is 17.6 Å². The van der Waals surface area contributed by atoms with Gasteiger partial charge in [-0.15, -0.1) is 0 Å². The van der Waals surface area contributed by atoms with Crippen molar-refractivity contribution in [3.05, 3.63) is 69.3 Å². The fourth-order valence-corrected chi connectivity index (χ4v) is 3.99. The van der Waals surface area contributed by atoms with Gasteiger partial charge in [0.05, 0.1) is 35.6 Å². The minimum atomic E-state index is -4.46.